The van der Waals surface area contributed by atoms with Gasteiger partial charge < -0.3 is 18.9 Å². The van der Waals surface area contributed by atoms with Crippen molar-refractivity contribution in [3.63, 3.8) is 0 Å². The van der Waals surface area contributed by atoms with Gasteiger partial charge in [-0.3, -0.25) is 14.5 Å². The lowest BCUT2D eigenvalue weighted by atomic mass is 10.2. The summed E-state index contributed by atoms with van der Waals surface area (Å²) in [6, 6.07) is 8.37. The number of furan rings is 1. The number of carbonyl (C=O) groups excluding carboxylic acids is 1. The highest BCUT2D eigenvalue weighted by atomic mass is 16.5. The van der Waals surface area contributed by atoms with Crippen molar-refractivity contribution in [2.75, 3.05) is 39.4 Å². The molecule has 1 aliphatic heterocycles. The molecule has 0 aliphatic carbocycles. The van der Waals surface area contributed by atoms with Gasteiger partial charge in [-0.2, -0.15) is 0 Å². The summed E-state index contributed by atoms with van der Waals surface area (Å²) < 4.78 is 16.3. The van der Waals surface area contributed by atoms with Gasteiger partial charge >= 0.3 is 5.78 Å². The number of carbonyl (C=O) groups is 1. The molecule has 0 saturated carbocycles. The fraction of sp³-hybridized carbons (Fsp3) is 0.333. The van der Waals surface area contributed by atoms with E-state index in [-0.39, 0.29) is 28.3 Å². The van der Waals surface area contributed by atoms with E-state index in [1.165, 1.54) is 6.07 Å². The molecular weight excluding hydrogens is 324 g/mol. The van der Waals surface area contributed by atoms with Crippen LogP contribution in [0.1, 0.15) is 10.6 Å². The third-order valence-electron chi connectivity index (χ3n) is 4.32. The summed E-state index contributed by atoms with van der Waals surface area (Å²) in [6.45, 7) is 4.42. The second-order valence-corrected chi connectivity index (χ2v) is 5.95. The Labute approximate surface area is 143 Å². The van der Waals surface area contributed by atoms with Gasteiger partial charge in [0, 0.05) is 32.2 Å². The largest absolute Gasteiger partial charge is 0.425 e. The van der Waals surface area contributed by atoms with Crippen LogP contribution in [0.3, 0.4) is 0 Å². The molecule has 1 fully saturated rings. The number of hydrogen-bond acceptors (Lipinski definition) is 6. The number of rotatable bonds is 4. The predicted molar refractivity (Wildman–Crippen MR) is 91.8 cm³/mol. The first-order valence-corrected chi connectivity index (χ1v) is 8.26. The van der Waals surface area contributed by atoms with E-state index >= 15 is 0 Å². The number of nitrogens with zero attached hydrogens (tertiary/aromatic N) is 1. The van der Waals surface area contributed by atoms with E-state index in [4.69, 9.17) is 13.6 Å². The minimum Gasteiger partial charge on any atom is -0.425 e. The lowest BCUT2D eigenvalue weighted by Crippen LogP contribution is -2.41. The number of para-hydroxylation sites is 1. The summed E-state index contributed by atoms with van der Waals surface area (Å²) >= 11 is 0. The third kappa shape index (κ3) is 3.16. The SMILES string of the molecule is O=C(NCCN1CCOCC1)c1cc2c(=O)c3ccccc3oc2o1. The molecule has 3 aromatic rings. The number of morpholine rings is 1. The highest BCUT2D eigenvalue weighted by Gasteiger charge is 2.18. The molecule has 1 amide bonds. The van der Waals surface area contributed by atoms with Crippen molar-refractivity contribution in [3.8, 4) is 0 Å². The van der Waals surface area contributed by atoms with Crippen LogP contribution < -0.4 is 10.7 Å². The monoisotopic (exact) mass is 342 g/mol. The van der Waals surface area contributed by atoms with Crippen molar-refractivity contribution >= 4 is 28.0 Å². The topological polar surface area (TPSA) is 84.9 Å². The average Bonchev–Trinajstić information content (AvgIpc) is 3.07. The van der Waals surface area contributed by atoms with E-state index in [1.807, 2.05) is 0 Å². The van der Waals surface area contributed by atoms with Crippen molar-refractivity contribution in [2.24, 2.45) is 0 Å². The lowest BCUT2D eigenvalue weighted by molar-refractivity contribution is 0.0382. The molecule has 3 heterocycles. The third-order valence-corrected chi connectivity index (χ3v) is 4.32. The average molecular weight is 342 g/mol. The molecule has 130 valence electrons. The van der Waals surface area contributed by atoms with E-state index < -0.39 is 0 Å². The van der Waals surface area contributed by atoms with E-state index in [0.717, 1.165) is 32.8 Å². The molecule has 0 atom stereocenters. The van der Waals surface area contributed by atoms with E-state index in [0.29, 0.717) is 17.5 Å². The molecule has 4 rings (SSSR count). The molecule has 0 radical (unpaired) electrons. The first-order chi connectivity index (χ1) is 12.2. The Balaban J connectivity index is 1.50. The van der Waals surface area contributed by atoms with Crippen LogP contribution in [0.15, 0.2) is 44.0 Å². The zero-order chi connectivity index (χ0) is 17.2. The van der Waals surface area contributed by atoms with Crippen LogP contribution in [0.4, 0.5) is 0 Å². The maximum atomic E-state index is 12.5. The summed E-state index contributed by atoms with van der Waals surface area (Å²) in [5.41, 5.74) is 0.238. The Morgan fingerprint density at radius 3 is 2.76 bits per heavy atom. The van der Waals surface area contributed by atoms with Gasteiger partial charge in [-0.25, -0.2) is 0 Å². The Bertz CT molecular complexity index is 968. The van der Waals surface area contributed by atoms with Crippen molar-refractivity contribution in [2.45, 2.75) is 0 Å². The summed E-state index contributed by atoms with van der Waals surface area (Å²) in [6.07, 6.45) is 0. The van der Waals surface area contributed by atoms with Crippen LogP contribution in [0.5, 0.6) is 0 Å². The van der Waals surface area contributed by atoms with Gasteiger partial charge in [0.25, 0.3) is 5.91 Å². The second-order valence-electron chi connectivity index (χ2n) is 5.95. The maximum Gasteiger partial charge on any atom is 0.302 e. The lowest BCUT2D eigenvalue weighted by Gasteiger charge is -2.26. The van der Waals surface area contributed by atoms with Crippen molar-refractivity contribution < 1.29 is 18.4 Å². The van der Waals surface area contributed by atoms with Crippen molar-refractivity contribution in [1.82, 2.24) is 10.2 Å². The predicted octanol–water partition coefficient (Wildman–Crippen LogP) is 1.60. The molecule has 25 heavy (non-hydrogen) atoms. The smallest absolute Gasteiger partial charge is 0.302 e. The van der Waals surface area contributed by atoms with Crippen LogP contribution in [-0.4, -0.2) is 50.2 Å². The fourth-order valence-corrected chi connectivity index (χ4v) is 2.95. The number of amides is 1. The van der Waals surface area contributed by atoms with E-state index in [2.05, 4.69) is 10.2 Å². The number of ether oxygens (including phenoxy) is 1. The molecule has 7 nitrogen and oxygen atoms in total. The Morgan fingerprint density at radius 2 is 1.92 bits per heavy atom. The van der Waals surface area contributed by atoms with Crippen LogP contribution in [0, 0.1) is 0 Å². The Morgan fingerprint density at radius 1 is 1.12 bits per heavy atom. The van der Waals surface area contributed by atoms with E-state index in [9.17, 15) is 9.59 Å². The Hall–Kier alpha value is -2.64. The standard InChI is InChI=1S/C18H18N2O5/c21-16-12-3-1-2-4-14(12)24-18-13(16)11-15(25-18)17(22)19-5-6-20-7-9-23-10-8-20/h1-4,11H,5-10H2,(H,19,22). The van der Waals surface area contributed by atoms with Crippen molar-refractivity contribution in [3.05, 3.63) is 46.3 Å². The number of hydrogen-bond donors (Lipinski definition) is 1. The molecule has 0 unspecified atom stereocenters. The first-order valence-electron chi connectivity index (χ1n) is 8.26. The quantitative estimate of drug-likeness (QED) is 0.775. The summed E-state index contributed by atoms with van der Waals surface area (Å²) in [7, 11) is 0. The zero-order valence-electron chi connectivity index (χ0n) is 13.6. The number of benzene rings is 1. The van der Waals surface area contributed by atoms with Crippen LogP contribution in [0.25, 0.3) is 22.1 Å². The van der Waals surface area contributed by atoms with Crippen LogP contribution in [0.2, 0.25) is 0 Å². The van der Waals surface area contributed by atoms with Crippen LogP contribution in [-0.2, 0) is 4.74 Å². The van der Waals surface area contributed by atoms with Gasteiger partial charge in [0.05, 0.1) is 18.6 Å². The molecule has 1 aliphatic rings. The molecular formula is C18H18N2O5. The molecule has 1 N–H and O–H groups in total. The molecule has 1 aromatic carbocycles. The molecule has 0 bridgehead atoms. The molecule has 1 saturated heterocycles. The second kappa shape index (κ2) is 6.70. The summed E-state index contributed by atoms with van der Waals surface area (Å²) in [5, 5.41) is 3.55. The zero-order valence-corrected chi connectivity index (χ0v) is 13.6. The van der Waals surface area contributed by atoms with Gasteiger partial charge in [-0.15, -0.1) is 0 Å². The normalized spacial score (nSPS) is 15.7. The molecule has 2 aromatic heterocycles. The first kappa shape index (κ1) is 15.9. The van der Waals surface area contributed by atoms with Gasteiger partial charge in [0.2, 0.25) is 5.43 Å². The van der Waals surface area contributed by atoms with Gasteiger partial charge in [0.1, 0.15) is 11.0 Å². The number of fused-ring (bicyclic) bond motifs is 2. The minimum absolute atomic E-state index is 0.0713. The van der Waals surface area contributed by atoms with Gasteiger partial charge in [0.15, 0.2) is 5.76 Å². The highest BCUT2D eigenvalue weighted by Crippen LogP contribution is 2.21. The van der Waals surface area contributed by atoms with E-state index in [1.54, 1.807) is 24.3 Å². The van der Waals surface area contributed by atoms with Crippen LogP contribution >= 0.6 is 0 Å². The summed E-state index contributed by atoms with van der Waals surface area (Å²) in [4.78, 5) is 27.0. The van der Waals surface area contributed by atoms with Gasteiger partial charge in [-0.05, 0) is 12.1 Å². The maximum absolute atomic E-state index is 12.5. The Kier molecular flexibility index (Phi) is 4.25. The number of nitrogens with one attached hydrogen (secondary N) is 1. The minimum atomic E-state index is -0.358. The molecule has 7 heteroatoms. The fourth-order valence-electron chi connectivity index (χ4n) is 2.95. The molecule has 0 spiro atoms. The van der Waals surface area contributed by atoms with Gasteiger partial charge in [-0.1, -0.05) is 12.1 Å². The summed E-state index contributed by atoms with van der Waals surface area (Å²) in [5.74, 6) is -0.210. The highest BCUT2D eigenvalue weighted by molar-refractivity contribution is 5.97. The van der Waals surface area contributed by atoms with Crippen molar-refractivity contribution in [1.29, 1.82) is 0 Å².